The first kappa shape index (κ1) is 19.9. The molecule has 0 bridgehead atoms. The van der Waals surface area contributed by atoms with Crippen LogP contribution in [-0.4, -0.2) is 28.5 Å². The van der Waals surface area contributed by atoms with E-state index in [2.05, 4.69) is 0 Å². The zero-order valence-electron chi connectivity index (χ0n) is 17.5. The van der Waals surface area contributed by atoms with Crippen LogP contribution in [0.4, 0.5) is 5.69 Å². The van der Waals surface area contributed by atoms with Crippen molar-refractivity contribution >= 4 is 41.0 Å². The van der Waals surface area contributed by atoms with Crippen LogP contribution in [0, 0.1) is 11.8 Å². The fourth-order valence-electron chi connectivity index (χ4n) is 5.47. The third kappa shape index (κ3) is 2.89. The highest BCUT2D eigenvalue weighted by Gasteiger charge is 2.64. The molecule has 3 aliphatic rings. The zero-order valence-corrected chi connectivity index (χ0v) is 18.2. The summed E-state index contributed by atoms with van der Waals surface area (Å²) in [6.45, 7) is 0. The maximum absolute atomic E-state index is 13.8. The van der Waals surface area contributed by atoms with Crippen molar-refractivity contribution in [2.45, 2.75) is 12.1 Å². The average Bonchev–Trinajstić information content (AvgIpc) is 3.32. The van der Waals surface area contributed by atoms with Gasteiger partial charge in [0, 0.05) is 16.8 Å². The Morgan fingerprint density at radius 1 is 0.788 bits per heavy atom. The van der Waals surface area contributed by atoms with E-state index in [0.29, 0.717) is 16.3 Å². The van der Waals surface area contributed by atoms with E-state index in [1.165, 1.54) is 4.90 Å². The largest absolute Gasteiger partial charge is 0.358 e. The number of fused-ring (bicyclic) bond motifs is 5. The van der Waals surface area contributed by atoms with E-state index in [1.807, 2.05) is 47.5 Å². The molecule has 0 aliphatic carbocycles. The van der Waals surface area contributed by atoms with Crippen LogP contribution < -0.4 is 4.90 Å². The molecule has 3 aromatic carbocycles. The molecule has 0 saturated carbocycles. The van der Waals surface area contributed by atoms with Crippen LogP contribution in [0.2, 0.25) is 5.02 Å². The predicted octanol–water partition coefficient (Wildman–Crippen LogP) is 4.74. The number of anilines is 1. The third-order valence-corrected chi connectivity index (χ3v) is 7.13. The lowest BCUT2D eigenvalue weighted by molar-refractivity contribution is -0.123. The molecule has 2 amide bonds. The Bertz CT molecular complexity index is 1320. The zero-order chi connectivity index (χ0) is 22.7. The molecular formula is C27H19ClN2O3. The first-order chi connectivity index (χ1) is 16.1. The standard InChI is InChI=1S/C27H19ClN2O3/c28-18-12-10-17(11-13-18)25(31)24-22-21(23-20-9-5-4-6-16(20)14-15-29(23)24)26(32)30(27(22)33)19-7-2-1-3-8-19/h1-15,21-24H/t21-,22+,23?,24-/m1/s1. The molecule has 3 aromatic rings. The highest BCUT2D eigenvalue weighted by Crippen LogP contribution is 2.53. The molecule has 6 rings (SSSR count). The lowest BCUT2D eigenvalue weighted by Crippen LogP contribution is -2.44. The summed E-state index contributed by atoms with van der Waals surface area (Å²) in [6.07, 6.45) is 3.80. The van der Waals surface area contributed by atoms with Gasteiger partial charge in [-0.25, -0.2) is 4.90 Å². The van der Waals surface area contributed by atoms with E-state index in [1.54, 1.807) is 48.5 Å². The van der Waals surface area contributed by atoms with Crippen LogP contribution in [0.3, 0.4) is 0 Å². The molecule has 5 nitrogen and oxygen atoms in total. The molecule has 2 saturated heterocycles. The molecule has 6 heteroatoms. The van der Waals surface area contributed by atoms with Crippen molar-refractivity contribution in [3.63, 3.8) is 0 Å². The quantitative estimate of drug-likeness (QED) is 0.424. The minimum Gasteiger partial charge on any atom is -0.358 e. The SMILES string of the molecule is O=C(c1ccc(Cl)cc1)[C@H]1[C@H]2C(=O)N(c3ccccc3)C(=O)[C@H]2C2c3ccccc3C=CN21. The Balaban J connectivity index is 1.50. The van der Waals surface area contributed by atoms with Crippen LogP contribution in [-0.2, 0) is 9.59 Å². The minimum absolute atomic E-state index is 0.191. The normalized spacial score (nSPS) is 25.1. The topological polar surface area (TPSA) is 57.7 Å². The summed E-state index contributed by atoms with van der Waals surface area (Å²) in [5.74, 6) is -2.21. The van der Waals surface area contributed by atoms with E-state index in [0.717, 1.165) is 11.1 Å². The number of amides is 2. The van der Waals surface area contributed by atoms with Gasteiger partial charge in [-0.3, -0.25) is 14.4 Å². The lowest BCUT2D eigenvalue weighted by atomic mass is 9.83. The Hall–Kier alpha value is -3.70. The fraction of sp³-hybridized carbons (Fsp3) is 0.148. The van der Waals surface area contributed by atoms with Crippen LogP contribution in [0.15, 0.2) is 85.1 Å². The molecule has 3 aliphatic heterocycles. The molecule has 0 spiro atoms. The van der Waals surface area contributed by atoms with Gasteiger partial charge in [-0.1, -0.05) is 54.1 Å². The monoisotopic (exact) mass is 454 g/mol. The van der Waals surface area contributed by atoms with Crippen LogP contribution in [0.25, 0.3) is 6.08 Å². The van der Waals surface area contributed by atoms with Gasteiger partial charge < -0.3 is 4.90 Å². The Labute approximate surface area is 195 Å². The second kappa shape index (κ2) is 7.42. The Morgan fingerprint density at radius 3 is 2.21 bits per heavy atom. The van der Waals surface area contributed by atoms with E-state index >= 15 is 0 Å². The first-order valence-electron chi connectivity index (χ1n) is 10.8. The molecule has 162 valence electrons. The predicted molar refractivity (Wildman–Crippen MR) is 126 cm³/mol. The molecule has 2 fully saturated rings. The summed E-state index contributed by atoms with van der Waals surface area (Å²) < 4.78 is 0. The maximum atomic E-state index is 13.8. The lowest BCUT2D eigenvalue weighted by Gasteiger charge is -2.35. The number of carbonyl (C=O) groups excluding carboxylic acids is 3. The molecule has 0 radical (unpaired) electrons. The van der Waals surface area contributed by atoms with Gasteiger partial charge in [-0.05, 0) is 53.6 Å². The molecular weight excluding hydrogens is 436 g/mol. The van der Waals surface area contributed by atoms with Crippen molar-refractivity contribution in [1.29, 1.82) is 0 Å². The second-order valence-corrected chi connectivity index (χ2v) is 8.99. The van der Waals surface area contributed by atoms with Crippen molar-refractivity contribution in [3.8, 4) is 0 Å². The van der Waals surface area contributed by atoms with Crippen molar-refractivity contribution < 1.29 is 14.4 Å². The van der Waals surface area contributed by atoms with Crippen molar-refractivity contribution in [2.24, 2.45) is 11.8 Å². The van der Waals surface area contributed by atoms with E-state index in [-0.39, 0.29) is 23.6 Å². The number of nitrogens with zero attached hydrogens (tertiary/aromatic N) is 2. The number of ketones is 1. The van der Waals surface area contributed by atoms with Gasteiger partial charge in [0.05, 0.1) is 23.6 Å². The summed E-state index contributed by atoms with van der Waals surface area (Å²) in [5.41, 5.74) is 2.95. The van der Waals surface area contributed by atoms with Gasteiger partial charge >= 0.3 is 0 Å². The Kier molecular flexibility index (Phi) is 4.49. The first-order valence-corrected chi connectivity index (χ1v) is 11.2. The van der Waals surface area contributed by atoms with Gasteiger partial charge in [-0.2, -0.15) is 0 Å². The van der Waals surface area contributed by atoms with E-state index in [4.69, 9.17) is 11.6 Å². The Morgan fingerprint density at radius 2 is 1.45 bits per heavy atom. The van der Waals surface area contributed by atoms with Crippen molar-refractivity contribution in [3.05, 3.63) is 107 Å². The highest BCUT2D eigenvalue weighted by atomic mass is 35.5. The van der Waals surface area contributed by atoms with Gasteiger partial charge in [0.25, 0.3) is 0 Å². The number of carbonyl (C=O) groups is 3. The number of hydrogen-bond donors (Lipinski definition) is 0. The highest BCUT2D eigenvalue weighted by molar-refractivity contribution is 6.30. The smallest absolute Gasteiger partial charge is 0.240 e. The summed E-state index contributed by atoms with van der Waals surface area (Å²) in [4.78, 5) is 44.4. The summed E-state index contributed by atoms with van der Waals surface area (Å²) in [6, 6.07) is 22.3. The number of Topliss-reactive ketones (excluding diaryl/α,β-unsaturated/α-hetero) is 1. The van der Waals surface area contributed by atoms with Crippen LogP contribution >= 0.6 is 11.6 Å². The molecule has 0 aromatic heterocycles. The number of rotatable bonds is 3. The maximum Gasteiger partial charge on any atom is 0.240 e. The molecule has 3 heterocycles. The average molecular weight is 455 g/mol. The van der Waals surface area contributed by atoms with Gasteiger partial charge in [0.15, 0.2) is 5.78 Å². The van der Waals surface area contributed by atoms with Gasteiger partial charge in [0.2, 0.25) is 11.8 Å². The van der Waals surface area contributed by atoms with Crippen molar-refractivity contribution in [2.75, 3.05) is 4.90 Å². The second-order valence-electron chi connectivity index (χ2n) is 8.55. The summed E-state index contributed by atoms with van der Waals surface area (Å²) >= 11 is 6.02. The van der Waals surface area contributed by atoms with Gasteiger partial charge in [-0.15, -0.1) is 0 Å². The fourth-order valence-corrected chi connectivity index (χ4v) is 5.60. The van der Waals surface area contributed by atoms with Crippen LogP contribution in [0.5, 0.6) is 0 Å². The van der Waals surface area contributed by atoms with E-state index in [9.17, 15) is 14.4 Å². The summed E-state index contributed by atoms with van der Waals surface area (Å²) in [7, 11) is 0. The molecule has 1 unspecified atom stereocenters. The number of halogens is 1. The third-order valence-electron chi connectivity index (χ3n) is 6.87. The number of benzene rings is 3. The minimum atomic E-state index is -0.782. The van der Waals surface area contributed by atoms with E-state index < -0.39 is 17.9 Å². The number of imide groups is 1. The number of para-hydroxylation sites is 1. The van der Waals surface area contributed by atoms with Gasteiger partial charge in [0.1, 0.15) is 6.04 Å². The molecule has 33 heavy (non-hydrogen) atoms. The number of hydrogen-bond acceptors (Lipinski definition) is 4. The molecule has 4 atom stereocenters. The molecule has 0 N–H and O–H groups in total. The summed E-state index contributed by atoms with van der Waals surface area (Å²) in [5, 5.41) is 0.530. The van der Waals surface area contributed by atoms with Crippen LogP contribution in [0.1, 0.15) is 27.5 Å². The van der Waals surface area contributed by atoms with Crippen molar-refractivity contribution in [1.82, 2.24) is 4.90 Å².